The van der Waals surface area contributed by atoms with Crippen molar-refractivity contribution in [3.63, 3.8) is 0 Å². The first-order valence-corrected chi connectivity index (χ1v) is 3.86. The van der Waals surface area contributed by atoms with E-state index in [9.17, 15) is 13.2 Å². The van der Waals surface area contributed by atoms with Crippen LogP contribution in [0.25, 0.3) is 0 Å². The molecule has 0 aliphatic carbocycles. The van der Waals surface area contributed by atoms with Crippen LogP contribution < -0.4 is 11.5 Å². The minimum atomic E-state index is -4.51. The largest absolute Gasteiger partial charge is 0.433 e. The molecule has 3 nitrogen and oxygen atoms in total. The number of aromatic nitrogens is 1. The molecule has 14 heavy (non-hydrogen) atoms. The van der Waals surface area contributed by atoms with E-state index < -0.39 is 11.9 Å². The van der Waals surface area contributed by atoms with E-state index in [-0.39, 0.29) is 16.4 Å². The maximum atomic E-state index is 12.1. The van der Waals surface area contributed by atoms with Crippen LogP contribution in [-0.4, -0.2) is 9.97 Å². The number of nitrogens with zero attached hydrogens (tertiary/aromatic N) is 1. The normalized spacial score (nSPS) is 11.4. The van der Waals surface area contributed by atoms with Crippen molar-refractivity contribution in [1.82, 2.24) is 4.98 Å². The molecule has 4 N–H and O–H groups in total. The van der Waals surface area contributed by atoms with E-state index in [1.54, 1.807) is 0 Å². The first kappa shape index (κ1) is 10.7. The highest BCUT2D eigenvalue weighted by Crippen LogP contribution is 2.28. The van der Waals surface area contributed by atoms with Gasteiger partial charge in [-0.3, -0.25) is 0 Å². The SMILES string of the molecule is NC(=S)c1ccc(C(F)(F)F)nc1N. The molecule has 1 aromatic rings. The number of nitrogens with two attached hydrogens (primary N) is 2. The minimum Gasteiger partial charge on any atom is -0.389 e. The summed E-state index contributed by atoms with van der Waals surface area (Å²) in [6, 6.07) is 1.89. The molecule has 0 unspecified atom stereocenters. The lowest BCUT2D eigenvalue weighted by atomic mass is 10.2. The van der Waals surface area contributed by atoms with Gasteiger partial charge in [-0.15, -0.1) is 0 Å². The number of hydrogen-bond acceptors (Lipinski definition) is 3. The number of alkyl halides is 3. The van der Waals surface area contributed by atoms with Crippen LogP contribution in [0.15, 0.2) is 12.1 Å². The Morgan fingerprint density at radius 1 is 1.36 bits per heavy atom. The monoisotopic (exact) mass is 221 g/mol. The number of pyridine rings is 1. The summed E-state index contributed by atoms with van der Waals surface area (Å²) >= 11 is 4.56. The lowest BCUT2D eigenvalue weighted by Gasteiger charge is -2.08. The molecule has 1 rings (SSSR count). The number of anilines is 1. The molecule has 0 saturated carbocycles. The highest BCUT2D eigenvalue weighted by Gasteiger charge is 2.32. The lowest BCUT2D eigenvalue weighted by Crippen LogP contribution is -2.16. The number of nitrogen functional groups attached to an aromatic ring is 1. The standard InChI is InChI=1S/C7H6F3N3S/c8-7(9,10)4-2-1-3(6(12)14)5(11)13-4/h1-2H,(H2,11,13)(H2,12,14). The van der Waals surface area contributed by atoms with Crippen molar-refractivity contribution in [3.8, 4) is 0 Å². The van der Waals surface area contributed by atoms with Crippen molar-refractivity contribution in [1.29, 1.82) is 0 Å². The smallest absolute Gasteiger partial charge is 0.389 e. The molecule has 0 aliphatic rings. The maximum Gasteiger partial charge on any atom is 0.433 e. The summed E-state index contributed by atoms with van der Waals surface area (Å²) in [7, 11) is 0. The second-order valence-corrected chi connectivity index (χ2v) is 2.93. The molecule has 1 aromatic heterocycles. The molecule has 0 bridgehead atoms. The molecule has 0 atom stereocenters. The Hall–Kier alpha value is -1.37. The van der Waals surface area contributed by atoms with E-state index in [0.717, 1.165) is 12.1 Å². The van der Waals surface area contributed by atoms with Gasteiger partial charge in [0.2, 0.25) is 0 Å². The molecule has 1 heterocycles. The van der Waals surface area contributed by atoms with Crippen LogP contribution in [0.1, 0.15) is 11.3 Å². The fourth-order valence-electron chi connectivity index (χ4n) is 0.841. The lowest BCUT2D eigenvalue weighted by molar-refractivity contribution is -0.141. The van der Waals surface area contributed by atoms with Crippen molar-refractivity contribution in [2.75, 3.05) is 5.73 Å². The van der Waals surface area contributed by atoms with E-state index in [0.29, 0.717) is 0 Å². The van der Waals surface area contributed by atoms with Crippen molar-refractivity contribution in [3.05, 3.63) is 23.4 Å². The first-order valence-electron chi connectivity index (χ1n) is 3.46. The average molecular weight is 221 g/mol. The van der Waals surface area contributed by atoms with Crippen LogP contribution in [0.3, 0.4) is 0 Å². The highest BCUT2D eigenvalue weighted by molar-refractivity contribution is 7.80. The quantitative estimate of drug-likeness (QED) is 0.702. The van der Waals surface area contributed by atoms with E-state index in [1.807, 2.05) is 0 Å². The second-order valence-electron chi connectivity index (χ2n) is 2.49. The Morgan fingerprint density at radius 2 is 1.93 bits per heavy atom. The Morgan fingerprint density at radius 3 is 2.29 bits per heavy atom. The topological polar surface area (TPSA) is 64.9 Å². The third-order valence-electron chi connectivity index (χ3n) is 1.48. The minimum absolute atomic E-state index is 0.0799. The first-order chi connectivity index (χ1) is 6.32. The van der Waals surface area contributed by atoms with Crippen molar-refractivity contribution < 1.29 is 13.2 Å². The summed E-state index contributed by atoms with van der Waals surface area (Å²) in [5, 5.41) is 0. The summed E-state index contributed by atoms with van der Waals surface area (Å²) < 4.78 is 36.4. The molecular formula is C7H6F3N3S. The maximum absolute atomic E-state index is 12.1. The van der Waals surface area contributed by atoms with E-state index in [4.69, 9.17) is 11.5 Å². The van der Waals surface area contributed by atoms with Crippen LogP contribution in [0, 0.1) is 0 Å². The molecule has 0 amide bonds. The fraction of sp³-hybridized carbons (Fsp3) is 0.143. The third-order valence-corrected chi connectivity index (χ3v) is 1.70. The predicted octanol–water partition coefficient (Wildman–Crippen LogP) is 1.32. The summed E-state index contributed by atoms with van der Waals surface area (Å²) in [4.78, 5) is 3.07. The Labute approximate surface area is 82.9 Å². The zero-order valence-electron chi connectivity index (χ0n) is 6.80. The van der Waals surface area contributed by atoms with Crippen LogP contribution >= 0.6 is 12.2 Å². The van der Waals surface area contributed by atoms with Gasteiger partial charge in [0.25, 0.3) is 0 Å². The van der Waals surface area contributed by atoms with Gasteiger partial charge in [-0.1, -0.05) is 12.2 Å². The Kier molecular flexibility index (Phi) is 2.61. The Bertz CT molecular complexity index is 375. The van der Waals surface area contributed by atoms with Crippen LogP contribution in [-0.2, 0) is 6.18 Å². The summed E-state index contributed by atoms with van der Waals surface area (Å²) in [6.45, 7) is 0. The number of hydrogen-bond donors (Lipinski definition) is 2. The fourth-order valence-corrected chi connectivity index (χ4v) is 1.01. The van der Waals surface area contributed by atoms with Gasteiger partial charge >= 0.3 is 6.18 Å². The molecule has 0 saturated heterocycles. The molecular weight excluding hydrogens is 215 g/mol. The molecule has 0 radical (unpaired) electrons. The van der Waals surface area contributed by atoms with Crippen LogP contribution in [0.2, 0.25) is 0 Å². The van der Waals surface area contributed by atoms with Gasteiger partial charge in [0.15, 0.2) is 0 Å². The number of thiocarbonyl (C=S) groups is 1. The van der Waals surface area contributed by atoms with Gasteiger partial charge in [-0.25, -0.2) is 4.98 Å². The highest BCUT2D eigenvalue weighted by atomic mass is 32.1. The van der Waals surface area contributed by atoms with Crippen molar-refractivity contribution in [2.24, 2.45) is 5.73 Å². The number of rotatable bonds is 1. The number of halogens is 3. The zero-order valence-corrected chi connectivity index (χ0v) is 7.62. The van der Waals surface area contributed by atoms with Gasteiger partial charge in [-0.05, 0) is 12.1 Å². The van der Waals surface area contributed by atoms with Gasteiger partial charge < -0.3 is 11.5 Å². The summed E-state index contributed by atoms with van der Waals surface area (Å²) in [5.41, 5.74) is 9.53. The van der Waals surface area contributed by atoms with Gasteiger partial charge in [-0.2, -0.15) is 13.2 Å². The third kappa shape index (κ3) is 2.11. The zero-order chi connectivity index (χ0) is 10.9. The van der Waals surface area contributed by atoms with Gasteiger partial charge in [0.1, 0.15) is 16.5 Å². The van der Waals surface area contributed by atoms with Crippen molar-refractivity contribution >= 4 is 23.0 Å². The average Bonchev–Trinajstić information content (AvgIpc) is 2.01. The molecule has 0 spiro atoms. The van der Waals surface area contributed by atoms with Crippen molar-refractivity contribution in [2.45, 2.75) is 6.18 Å². The predicted molar refractivity (Wildman–Crippen MR) is 49.5 cm³/mol. The molecule has 0 aromatic carbocycles. The van der Waals surface area contributed by atoms with Gasteiger partial charge in [0, 0.05) is 0 Å². The molecule has 0 fully saturated rings. The summed E-state index contributed by atoms with van der Waals surface area (Å²) in [6.07, 6.45) is -4.51. The molecule has 7 heteroatoms. The molecule has 76 valence electrons. The summed E-state index contributed by atoms with van der Waals surface area (Å²) in [5.74, 6) is -0.313. The van der Waals surface area contributed by atoms with E-state index in [2.05, 4.69) is 17.2 Å². The molecule has 0 aliphatic heterocycles. The van der Waals surface area contributed by atoms with E-state index >= 15 is 0 Å². The Balaban J connectivity index is 3.20. The van der Waals surface area contributed by atoms with E-state index in [1.165, 1.54) is 0 Å². The van der Waals surface area contributed by atoms with Crippen LogP contribution in [0.5, 0.6) is 0 Å². The van der Waals surface area contributed by atoms with Crippen LogP contribution in [0.4, 0.5) is 19.0 Å². The second kappa shape index (κ2) is 3.41. The van der Waals surface area contributed by atoms with Gasteiger partial charge in [0.05, 0.1) is 5.56 Å².